The summed E-state index contributed by atoms with van der Waals surface area (Å²) in [6.45, 7) is 6.79. The molecule has 2 heterocycles. The number of aromatic nitrogens is 2. The van der Waals surface area contributed by atoms with E-state index < -0.39 is 0 Å². The van der Waals surface area contributed by atoms with Crippen molar-refractivity contribution in [2.24, 2.45) is 0 Å². The summed E-state index contributed by atoms with van der Waals surface area (Å²) in [6, 6.07) is 18.7. The van der Waals surface area contributed by atoms with E-state index in [0.29, 0.717) is 24.1 Å². The fourth-order valence-electron chi connectivity index (χ4n) is 3.86. The smallest absolute Gasteiger partial charge is 0.257 e. The Morgan fingerprint density at radius 3 is 2.41 bits per heavy atom. The van der Waals surface area contributed by atoms with Crippen LogP contribution in [0.25, 0.3) is 0 Å². The summed E-state index contributed by atoms with van der Waals surface area (Å²) in [4.78, 5) is 26.2. The van der Waals surface area contributed by atoms with Crippen molar-refractivity contribution in [2.75, 3.05) is 4.90 Å². The number of hydrogen-bond acceptors (Lipinski definition) is 4. The highest BCUT2D eigenvalue weighted by molar-refractivity contribution is 5.94. The van der Waals surface area contributed by atoms with Crippen molar-refractivity contribution in [3.05, 3.63) is 83.7 Å². The second-order valence-electron chi connectivity index (χ2n) is 7.84. The minimum atomic E-state index is -0.0507. The van der Waals surface area contributed by atoms with Gasteiger partial charge in [0.2, 0.25) is 5.95 Å². The van der Waals surface area contributed by atoms with Gasteiger partial charge >= 0.3 is 0 Å². The molecule has 148 valence electrons. The van der Waals surface area contributed by atoms with Gasteiger partial charge in [-0.2, -0.15) is 0 Å². The van der Waals surface area contributed by atoms with Crippen molar-refractivity contribution in [1.82, 2.24) is 14.9 Å². The molecule has 1 aliphatic heterocycles. The van der Waals surface area contributed by atoms with Crippen LogP contribution in [0.1, 0.15) is 42.3 Å². The van der Waals surface area contributed by atoms with Gasteiger partial charge in [0.1, 0.15) is 0 Å². The van der Waals surface area contributed by atoms with Crippen LogP contribution in [-0.4, -0.2) is 32.9 Å². The predicted molar refractivity (Wildman–Crippen MR) is 115 cm³/mol. The molecule has 5 nitrogen and oxygen atoms in total. The number of hydrogen-bond donors (Lipinski definition) is 0. The van der Waals surface area contributed by atoms with E-state index in [1.165, 1.54) is 5.56 Å². The van der Waals surface area contributed by atoms with Gasteiger partial charge in [0.15, 0.2) is 0 Å². The van der Waals surface area contributed by atoms with Crippen LogP contribution in [0.3, 0.4) is 0 Å². The minimum Gasteiger partial charge on any atom is -0.332 e. The number of carbonyl (C=O) groups excluding carboxylic acids is 1. The minimum absolute atomic E-state index is 0.0507. The highest BCUT2D eigenvalue weighted by Crippen LogP contribution is 2.36. The van der Waals surface area contributed by atoms with E-state index >= 15 is 0 Å². The number of carbonyl (C=O) groups is 1. The molecule has 0 fully saturated rings. The van der Waals surface area contributed by atoms with E-state index in [1.807, 2.05) is 55.1 Å². The van der Waals surface area contributed by atoms with Gasteiger partial charge in [0.05, 0.1) is 5.56 Å². The lowest BCUT2D eigenvalue weighted by Gasteiger charge is -2.27. The van der Waals surface area contributed by atoms with Gasteiger partial charge in [-0.15, -0.1) is 0 Å². The van der Waals surface area contributed by atoms with Crippen molar-refractivity contribution < 1.29 is 4.79 Å². The topological polar surface area (TPSA) is 49.3 Å². The van der Waals surface area contributed by atoms with Crippen LogP contribution in [0.15, 0.2) is 67.0 Å². The van der Waals surface area contributed by atoms with Crippen molar-refractivity contribution >= 4 is 17.5 Å². The molecule has 1 aromatic heterocycles. The second-order valence-corrected chi connectivity index (χ2v) is 7.84. The normalized spacial score (nSPS) is 15.4. The maximum absolute atomic E-state index is 13.1. The molecule has 4 rings (SSSR count). The Labute approximate surface area is 172 Å². The Hall–Kier alpha value is -3.21. The Kier molecular flexibility index (Phi) is 5.30. The molecule has 1 atom stereocenters. The SMILES string of the molecule is CC(C)N(Cc1ccccc1)C(=O)c1cnc(N2c3ccccc3CC2C)nc1. The average molecular weight is 386 g/mol. The first-order valence-electron chi connectivity index (χ1n) is 10.1. The summed E-state index contributed by atoms with van der Waals surface area (Å²) in [6.07, 6.45) is 4.27. The molecule has 0 N–H and O–H groups in total. The summed E-state index contributed by atoms with van der Waals surface area (Å²) >= 11 is 0. The van der Waals surface area contributed by atoms with Crippen LogP contribution in [-0.2, 0) is 13.0 Å². The highest BCUT2D eigenvalue weighted by Gasteiger charge is 2.29. The average Bonchev–Trinajstić information content (AvgIpc) is 3.08. The van der Waals surface area contributed by atoms with Crippen molar-refractivity contribution in [1.29, 1.82) is 0 Å². The molecule has 0 radical (unpaired) electrons. The van der Waals surface area contributed by atoms with Gasteiger partial charge < -0.3 is 9.80 Å². The summed E-state index contributed by atoms with van der Waals surface area (Å²) in [5.74, 6) is 0.587. The van der Waals surface area contributed by atoms with Crippen molar-refractivity contribution in [3.8, 4) is 0 Å². The number of benzene rings is 2. The van der Waals surface area contributed by atoms with Gasteiger partial charge in [-0.05, 0) is 44.4 Å². The third-order valence-electron chi connectivity index (χ3n) is 5.39. The van der Waals surface area contributed by atoms with Crippen LogP contribution in [0.4, 0.5) is 11.6 Å². The summed E-state index contributed by atoms with van der Waals surface area (Å²) in [5, 5.41) is 0. The zero-order valence-electron chi connectivity index (χ0n) is 17.1. The lowest BCUT2D eigenvalue weighted by Crippen LogP contribution is -2.36. The zero-order valence-corrected chi connectivity index (χ0v) is 17.1. The molecule has 0 aliphatic carbocycles. The molecule has 29 heavy (non-hydrogen) atoms. The number of amides is 1. The quantitative estimate of drug-likeness (QED) is 0.642. The Morgan fingerprint density at radius 2 is 1.72 bits per heavy atom. The first-order valence-corrected chi connectivity index (χ1v) is 10.1. The number of para-hydroxylation sites is 1. The van der Waals surface area contributed by atoms with Gasteiger partial charge in [-0.3, -0.25) is 4.79 Å². The molecule has 1 amide bonds. The third kappa shape index (κ3) is 3.86. The zero-order chi connectivity index (χ0) is 20.4. The lowest BCUT2D eigenvalue weighted by molar-refractivity contribution is 0.0689. The number of fused-ring (bicyclic) bond motifs is 1. The summed E-state index contributed by atoms with van der Waals surface area (Å²) in [5.41, 5.74) is 4.07. The lowest BCUT2D eigenvalue weighted by atomic mass is 10.1. The maximum atomic E-state index is 13.1. The van der Waals surface area contributed by atoms with E-state index in [9.17, 15) is 4.79 Å². The number of nitrogens with zero attached hydrogens (tertiary/aromatic N) is 4. The molecule has 0 bridgehead atoms. The van der Waals surface area contributed by atoms with E-state index in [0.717, 1.165) is 17.7 Å². The molecular formula is C24H26N4O. The molecule has 5 heteroatoms. The molecule has 1 unspecified atom stereocenters. The highest BCUT2D eigenvalue weighted by atomic mass is 16.2. The van der Waals surface area contributed by atoms with E-state index in [2.05, 4.69) is 40.0 Å². The standard InChI is InChI=1S/C24H26N4O/c1-17(2)27(16-19-9-5-4-6-10-19)23(29)21-14-25-24(26-15-21)28-18(3)13-20-11-7-8-12-22(20)28/h4-12,14-15,17-18H,13,16H2,1-3H3. The number of anilines is 2. The van der Waals surface area contributed by atoms with Crippen LogP contribution in [0.2, 0.25) is 0 Å². The van der Waals surface area contributed by atoms with Crippen LogP contribution < -0.4 is 4.90 Å². The fraction of sp³-hybridized carbons (Fsp3) is 0.292. The van der Waals surface area contributed by atoms with Crippen LogP contribution in [0.5, 0.6) is 0 Å². The van der Waals surface area contributed by atoms with Crippen molar-refractivity contribution in [3.63, 3.8) is 0 Å². The largest absolute Gasteiger partial charge is 0.332 e. The molecule has 1 aliphatic rings. The summed E-state index contributed by atoms with van der Waals surface area (Å²) in [7, 11) is 0. The monoisotopic (exact) mass is 386 g/mol. The van der Waals surface area contributed by atoms with Crippen LogP contribution in [0, 0.1) is 0 Å². The molecule has 0 spiro atoms. The third-order valence-corrected chi connectivity index (χ3v) is 5.39. The van der Waals surface area contributed by atoms with E-state index in [-0.39, 0.29) is 11.9 Å². The summed E-state index contributed by atoms with van der Waals surface area (Å²) < 4.78 is 0. The van der Waals surface area contributed by atoms with Gasteiger partial charge in [-0.1, -0.05) is 48.5 Å². The maximum Gasteiger partial charge on any atom is 0.257 e. The second kappa shape index (κ2) is 8.03. The van der Waals surface area contributed by atoms with Gasteiger partial charge in [-0.25, -0.2) is 9.97 Å². The number of rotatable bonds is 5. The molecule has 0 saturated heterocycles. The molecule has 0 saturated carbocycles. The Balaban J connectivity index is 1.56. The molecular weight excluding hydrogens is 360 g/mol. The van der Waals surface area contributed by atoms with Crippen molar-refractivity contribution in [2.45, 2.75) is 45.8 Å². The van der Waals surface area contributed by atoms with Crippen LogP contribution >= 0.6 is 0 Å². The van der Waals surface area contributed by atoms with E-state index in [1.54, 1.807) is 12.4 Å². The first kappa shape index (κ1) is 19.1. The first-order chi connectivity index (χ1) is 14.0. The predicted octanol–water partition coefficient (Wildman–Crippen LogP) is 4.61. The van der Waals surface area contributed by atoms with E-state index in [4.69, 9.17) is 0 Å². The Bertz CT molecular complexity index is 985. The molecule has 3 aromatic rings. The molecule has 2 aromatic carbocycles. The fourth-order valence-corrected chi connectivity index (χ4v) is 3.86. The van der Waals surface area contributed by atoms with Gasteiger partial charge in [0, 0.05) is 36.7 Å². The van der Waals surface area contributed by atoms with Gasteiger partial charge in [0.25, 0.3) is 5.91 Å². The Morgan fingerprint density at radius 1 is 1.07 bits per heavy atom.